The van der Waals surface area contributed by atoms with Gasteiger partial charge in [0.05, 0.1) is 6.42 Å². The van der Waals surface area contributed by atoms with Crippen molar-refractivity contribution < 1.29 is 9.21 Å². The number of halogens is 2. The average Bonchev–Trinajstić information content (AvgIpc) is 2.98. The number of amides is 1. The molecule has 0 aliphatic heterocycles. The Labute approximate surface area is 171 Å². The molecule has 0 unspecified atom stereocenters. The van der Waals surface area contributed by atoms with Crippen molar-refractivity contribution in [3.8, 4) is 22.7 Å². The van der Waals surface area contributed by atoms with E-state index in [0.29, 0.717) is 22.4 Å². The number of nitrogens with zero attached hydrogens (tertiary/aromatic N) is 1. The molecule has 3 rings (SSSR count). The summed E-state index contributed by atoms with van der Waals surface area (Å²) in [6.07, 6.45) is 0.122. The fourth-order valence-electron chi connectivity index (χ4n) is 2.57. The summed E-state index contributed by atoms with van der Waals surface area (Å²) in [5, 5.41) is 3.49. The van der Waals surface area contributed by atoms with E-state index in [9.17, 15) is 4.79 Å². The minimum absolute atomic E-state index is 0.0655. The van der Waals surface area contributed by atoms with Crippen LogP contribution in [0, 0.1) is 3.57 Å². The van der Waals surface area contributed by atoms with Crippen LogP contribution in [0.2, 0.25) is 5.02 Å². The zero-order valence-electron chi connectivity index (χ0n) is 14.4. The van der Waals surface area contributed by atoms with Crippen molar-refractivity contribution in [1.82, 2.24) is 10.3 Å². The molecule has 0 spiro atoms. The van der Waals surface area contributed by atoms with Crippen molar-refractivity contribution in [3.05, 3.63) is 62.9 Å². The summed E-state index contributed by atoms with van der Waals surface area (Å²) >= 11 is 8.37. The Hall–Kier alpha value is -1.86. The third-order valence-corrected chi connectivity index (χ3v) is 4.61. The first-order valence-corrected chi connectivity index (χ1v) is 9.69. The number of carbonyl (C=O) groups excluding carboxylic acids is 1. The van der Waals surface area contributed by atoms with Gasteiger partial charge in [0.15, 0.2) is 0 Å². The highest BCUT2D eigenvalue weighted by Gasteiger charge is 2.19. The lowest BCUT2D eigenvalue weighted by atomic mass is 10.1. The van der Waals surface area contributed by atoms with E-state index in [1.165, 1.54) is 0 Å². The van der Waals surface area contributed by atoms with E-state index in [4.69, 9.17) is 16.0 Å². The van der Waals surface area contributed by atoms with Crippen LogP contribution in [-0.2, 0) is 11.2 Å². The number of hydrogen-bond donors (Lipinski definition) is 1. The minimum Gasteiger partial charge on any atom is -0.440 e. The topological polar surface area (TPSA) is 55.1 Å². The normalized spacial score (nSPS) is 11.0. The standard InChI is InChI=1S/C20H18ClIN2O2/c1-12(2)23-18(25)11-17-19(14-4-3-5-15(21)10-14)24-20(26-17)13-6-8-16(22)9-7-13/h3-10,12H,11H2,1-2H3,(H,23,25). The first kappa shape index (κ1) is 18.9. The predicted octanol–water partition coefficient (Wildman–Crippen LogP) is 5.33. The molecule has 1 aromatic heterocycles. The summed E-state index contributed by atoms with van der Waals surface area (Å²) in [4.78, 5) is 16.9. The van der Waals surface area contributed by atoms with Crippen LogP contribution in [0.25, 0.3) is 22.7 Å². The molecular weight excluding hydrogens is 463 g/mol. The van der Waals surface area contributed by atoms with Gasteiger partial charge in [-0.05, 0) is 72.8 Å². The molecule has 1 N–H and O–H groups in total. The van der Waals surface area contributed by atoms with E-state index in [1.54, 1.807) is 6.07 Å². The number of rotatable bonds is 5. The maximum absolute atomic E-state index is 12.2. The summed E-state index contributed by atoms with van der Waals surface area (Å²) in [5.41, 5.74) is 2.33. The van der Waals surface area contributed by atoms with E-state index in [1.807, 2.05) is 56.3 Å². The van der Waals surface area contributed by atoms with Crippen LogP contribution in [0.3, 0.4) is 0 Å². The van der Waals surface area contributed by atoms with Crippen molar-refractivity contribution in [2.45, 2.75) is 26.3 Å². The highest BCUT2D eigenvalue weighted by Crippen LogP contribution is 2.31. The van der Waals surface area contributed by atoms with Crippen LogP contribution in [0.15, 0.2) is 52.9 Å². The van der Waals surface area contributed by atoms with E-state index in [0.717, 1.165) is 14.7 Å². The van der Waals surface area contributed by atoms with Crippen LogP contribution >= 0.6 is 34.2 Å². The quantitative estimate of drug-likeness (QED) is 0.502. The van der Waals surface area contributed by atoms with Crippen molar-refractivity contribution in [3.63, 3.8) is 0 Å². The van der Waals surface area contributed by atoms with Gasteiger partial charge in [0, 0.05) is 25.8 Å². The zero-order chi connectivity index (χ0) is 18.7. The van der Waals surface area contributed by atoms with Gasteiger partial charge in [-0.3, -0.25) is 4.79 Å². The lowest BCUT2D eigenvalue weighted by Gasteiger charge is -2.07. The number of carbonyl (C=O) groups is 1. The van der Waals surface area contributed by atoms with Crippen LogP contribution in [-0.4, -0.2) is 16.9 Å². The molecule has 0 saturated carbocycles. The van der Waals surface area contributed by atoms with Gasteiger partial charge in [-0.2, -0.15) is 0 Å². The van der Waals surface area contributed by atoms with Gasteiger partial charge >= 0.3 is 0 Å². The smallest absolute Gasteiger partial charge is 0.227 e. The minimum atomic E-state index is -0.103. The second kappa shape index (κ2) is 8.22. The highest BCUT2D eigenvalue weighted by atomic mass is 127. The van der Waals surface area contributed by atoms with Crippen LogP contribution in [0.1, 0.15) is 19.6 Å². The Morgan fingerprint density at radius 3 is 2.58 bits per heavy atom. The van der Waals surface area contributed by atoms with Crippen molar-refractivity contribution in [2.75, 3.05) is 0 Å². The first-order chi connectivity index (χ1) is 12.4. The summed E-state index contributed by atoms with van der Waals surface area (Å²) < 4.78 is 7.10. The fraction of sp³-hybridized carbons (Fsp3) is 0.200. The first-order valence-electron chi connectivity index (χ1n) is 8.23. The van der Waals surface area contributed by atoms with Gasteiger partial charge in [0.25, 0.3) is 0 Å². The van der Waals surface area contributed by atoms with Gasteiger partial charge in [-0.15, -0.1) is 0 Å². The Balaban J connectivity index is 2.02. The lowest BCUT2D eigenvalue weighted by molar-refractivity contribution is -0.121. The predicted molar refractivity (Wildman–Crippen MR) is 112 cm³/mol. The number of aromatic nitrogens is 1. The van der Waals surface area contributed by atoms with Crippen molar-refractivity contribution >= 4 is 40.1 Å². The van der Waals surface area contributed by atoms with Crippen molar-refractivity contribution in [2.24, 2.45) is 0 Å². The molecule has 0 aliphatic rings. The Morgan fingerprint density at radius 1 is 1.19 bits per heavy atom. The van der Waals surface area contributed by atoms with Gasteiger partial charge in [-0.1, -0.05) is 23.7 Å². The van der Waals surface area contributed by atoms with E-state index < -0.39 is 0 Å². The van der Waals surface area contributed by atoms with Crippen LogP contribution in [0.5, 0.6) is 0 Å². The number of oxazole rings is 1. The Bertz CT molecular complexity index is 920. The second-order valence-electron chi connectivity index (χ2n) is 6.21. The molecule has 0 aliphatic carbocycles. The summed E-state index contributed by atoms with van der Waals surface area (Å²) in [5.74, 6) is 0.913. The largest absolute Gasteiger partial charge is 0.440 e. The number of nitrogens with one attached hydrogen (secondary N) is 1. The molecule has 0 radical (unpaired) electrons. The van der Waals surface area contributed by atoms with Crippen LogP contribution in [0.4, 0.5) is 0 Å². The molecular formula is C20H18ClIN2O2. The summed E-state index contributed by atoms with van der Waals surface area (Å²) in [6.45, 7) is 3.85. The Morgan fingerprint density at radius 2 is 1.92 bits per heavy atom. The summed E-state index contributed by atoms with van der Waals surface area (Å²) in [7, 11) is 0. The maximum atomic E-state index is 12.2. The number of benzene rings is 2. The molecule has 0 bridgehead atoms. The molecule has 1 amide bonds. The molecule has 6 heteroatoms. The lowest BCUT2D eigenvalue weighted by Crippen LogP contribution is -2.31. The third kappa shape index (κ3) is 4.65. The molecule has 26 heavy (non-hydrogen) atoms. The van der Waals surface area contributed by atoms with Gasteiger partial charge < -0.3 is 9.73 Å². The maximum Gasteiger partial charge on any atom is 0.227 e. The SMILES string of the molecule is CC(C)NC(=O)Cc1oc(-c2ccc(I)cc2)nc1-c1cccc(Cl)c1. The van der Waals surface area contributed by atoms with E-state index >= 15 is 0 Å². The average molecular weight is 481 g/mol. The third-order valence-electron chi connectivity index (χ3n) is 3.66. The van der Waals surface area contributed by atoms with Gasteiger partial charge in [-0.25, -0.2) is 4.98 Å². The highest BCUT2D eigenvalue weighted by molar-refractivity contribution is 14.1. The number of hydrogen-bond acceptors (Lipinski definition) is 3. The molecule has 3 aromatic rings. The molecule has 4 nitrogen and oxygen atoms in total. The monoisotopic (exact) mass is 480 g/mol. The molecule has 0 fully saturated rings. The van der Waals surface area contributed by atoms with E-state index in [-0.39, 0.29) is 18.4 Å². The molecule has 134 valence electrons. The van der Waals surface area contributed by atoms with E-state index in [2.05, 4.69) is 32.9 Å². The summed E-state index contributed by atoms with van der Waals surface area (Å²) in [6, 6.07) is 15.3. The molecule has 0 atom stereocenters. The van der Waals surface area contributed by atoms with Crippen molar-refractivity contribution in [1.29, 1.82) is 0 Å². The zero-order valence-corrected chi connectivity index (χ0v) is 17.3. The molecule has 1 heterocycles. The van der Waals surface area contributed by atoms with Gasteiger partial charge in [0.2, 0.25) is 11.8 Å². The Kier molecular flexibility index (Phi) is 5.98. The van der Waals surface area contributed by atoms with Crippen LogP contribution < -0.4 is 5.32 Å². The second-order valence-corrected chi connectivity index (χ2v) is 7.89. The van der Waals surface area contributed by atoms with Gasteiger partial charge in [0.1, 0.15) is 11.5 Å². The fourth-order valence-corrected chi connectivity index (χ4v) is 3.12. The molecule has 2 aromatic carbocycles. The molecule has 0 saturated heterocycles.